The van der Waals surface area contributed by atoms with E-state index in [4.69, 9.17) is 5.11 Å². The van der Waals surface area contributed by atoms with E-state index in [0.717, 1.165) is 6.08 Å². The molecule has 0 radical (unpaired) electrons. The van der Waals surface area contributed by atoms with Crippen LogP contribution in [0, 0.1) is 0 Å². The molecule has 0 amide bonds. The summed E-state index contributed by atoms with van der Waals surface area (Å²) in [4.78, 5) is 10.5. The maximum atomic E-state index is 12.0. The first kappa shape index (κ1) is 17.5. The largest absolute Gasteiger partial charge is 0.478 e. The van der Waals surface area contributed by atoms with Gasteiger partial charge in [-0.05, 0) is 30.7 Å². The molecule has 6 nitrogen and oxygen atoms in total. The zero-order valence-corrected chi connectivity index (χ0v) is 13.3. The van der Waals surface area contributed by atoms with Crippen molar-refractivity contribution in [2.75, 3.05) is 12.8 Å². The molecule has 0 spiro atoms. The molecule has 2 atom stereocenters. The standard InChI is InChI=1S/C13H17NO5S2/c1-10(20(2)17)9-14-21(18,19)12-6-3-11(4-7-12)5-8-13(15)16/h3-8,10,14H,9H2,1-2H3,(H,15,16)/b8-5+. The fourth-order valence-corrected chi connectivity index (χ4v) is 2.91. The lowest BCUT2D eigenvalue weighted by atomic mass is 10.2. The molecule has 0 aromatic heterocycles. The molecule has 2 N–H and O–H groups in total. The van der Waals surface area contributed by atoms with Gasteiger partial charge in [-0.25, -0.2) is 17.9 Å². The van der Waals surface area contributed by atoms with Crippen LogP contribution in [-0.2, 0) is 25.6 Å². The van der Waals surface area contributed by atoms with E-state index in [-0.39, 0.29) is 16.7 Å². The van der Waals surface area contributed by atoms with Gasteiger partial charge in [-0.2, -0.15) is 0 Å². The summed E-state index contributed by atoms with van der Waals surface area (Å²) in [6.07, 6.45) is 3.86. The minimum absolute atomic E-state index is 0.0732. The molecule has 0 saturated carbocycles. The fourth-order valence-electron chi connectivity index (χ4n) is 1.35. The number of hydrogen-bond acceptors (Lipinski definition) is 4. The molecule has 116 valence electrons. The summed E-state index contributed by atoms with van der Waals surface area (Å²) in [6, 6.07) is 5.79. The number of hydrogen-bond donors (Lipinski definition) is 2. The number of rotatable bonds is 7. The van der Waals surface area contributed by atoms with Crippen LogP contribution in [0.1, 0.15) is 12.5 Å². The lowest BCUT2D eigenvalue weighted by molar-refractivity contribution is -0.131. The summed E-state index contributed by atoms with van der Waals surface area (Å²) in [6.45, 7) is 1.78. The third-order valence-electron chi connectivity index (χ3n) is 2.74. The van der Waals surface area contributed by atoms with Crippen molar-refractivity contribution in [3.8, 4) is 0 Å². The number of carboxylic acids is 1. The van der Waals surface area contributed by atoms with Crippen molar-refractivity contribution in [3.63, 3.8) is 0 Å². The predicted molar refractivity (Wildman–Crippen MR) is 81.8 cm³/mol. The Balaban J connectivity index is 2.80. The van der Waals surface area contributed by atoms with Crippen molar-refractivity contribution in [1.82, 2.24) is 4.72 Å². The average Bonchev–Trinajstić information content (AvgIpc) is 2.43. The average molecular weight is 331 g/mol. The Bertz CT molecular complexity index is 650. The van der Waals surface area contributed by atoms with Gasteiger partial charge in [0.1, 0.15) is 0 Å². The number of aliphatic carboxylic acids is 1. The highest BCUT2D eigenvalue weighted by Crippen LogP contribution is 2.11. The van der Waals surface area contributed by atoms with Gasteiger partial charge in [-0.3, -0.25) is 4.21 Å². The van der Waals surface area contributed by atoms with Gasteiger partial charge in [0, 0.05) is 34.9 Å². The molecule has 8 heteroatoms. The molecule has 0 heterocycles. The molecular weight excluding hydrogens is 314 g/mol. The maximum Gasteiger partial charge on any atom is 0.328 e. The molecule has 0 fully saturated rings. The quantitative estimate of drug-likeness (QED) is 0.721. The molecule has 1 aromatic carbocycles. The number of benzene rings is 1. The molecule has 2 unspecified atom stereocenters. The molecular formula is C13H17NO5S2. The van der Waals surface area contributed by atoms with Crippen molar-refractivity contribution in [2.45, 2.75) is 17.1 Å². The van der Waals surface area contributed by atoms with Gasteiger partial charge in [0.15, 0.2) is 0 Å². The van der Waals surface area contributed by atoms with Gasteiger partial charge in [-0.15, -0.1) is 0 Å². The Kier molecular flexibility index (Phi) is 6.25. The molecule has 0 aliphatic rings. The minimum atomic E-state index is -3.66. The van der Waals surface area contributed by atoms with Crippen molar-refractivity contribution in [1.29, 1.82) is 0 Å². The third-order valence-corrected chi connectivity index (χ3v) is 5.48. The van der Waals surface area contributed by atoms with Crippen LogP contribution >= 0.6 is 0 Å². The highest BCUT2D eigenvalue weighted by molar-refractivity contribution is 7.89. The van der Waals surface area contributed by atoms with E-state index < -0.39 is 26.8 Å². The van der Waals surface area contributed by atoms with Crippen molar-refractivity contribution in [2.24, 2.45) is 0 Å². The Labute approximate surface area is 126 Å². The van der Waals surface area contributed by atoms with E-state index in [1.807, 2.05) is 0 Å². The molecule has 21 heavy (non-hydrogen) atoms. The van der Waals surface area contributed by atoms with Crippen LogP contribution in [-0.4, -0.2) is 41.8 Å². The number of carboxylic acid groups (broad SMARTS) is 1. The Hall–Kier alpha value is -1.51. The SMILES string of the molecule is CC(CNS(=O)(=O)c1ccc(/C=C/C(=O)O)cc1)S(C)=O. The molecule has 0 bridgehead atoms. The molecule has 0 aliphatic carbocycles. The third kappa shape index (κ3) is 5.78. The molecule has 1 aromatic rings. The number of sulfonamides is 1. The second kappa shape index (κ2) is 7.48. The zero-order chi connectivity index (χ0) is 16.0. The summed E-state index contributed by atoms with van der Waals surface area (Å²) < 4.78 is 37.6. The Morgan fingerprint density at radius 3 is 2.43 bits per heavy atom. The van der Waals surface area contributed by atoms with E-state index in [9.17, 15) is 17.4 Å². The lowest BCUT2D eigenvalue weighted by Crippen LogP contribution is -2.32. The van der Waals surface area contributed by atoms with Gasteiger partial charge in [0.25, 0.3) is 0 Å². The van der Waals surface area contributed by atoms with E-state index >= 15 is 0 Å². The van der Waals surface area contributed by atoms with Crippen LogP contribution in [0.3, 0.4) is 0 Å². The van der Waals surface area contributed by atoms with Crippen LogP contribution in [0.15, 0.2) is 35.2 Å². The highest BCUT2D eigenvalue weighted by atomic mass is 32.2. The first-order valence-electron chi connectivity index (χ1n) is 6.05. The maximum absolute atomic E-state index is 12.0. The van der Waals surface area contributed by atoms with Crippen molar-refractivity contribution < 1.29 is 22.5 Å². The number of nitrogens with one attached hydrogen (secondary N) is 1. The summed E-state index contributed by atoms with van der Waals surface area (Å²) >= 11 is 0. The summed E-state index contributed by atoms with van der Waals surface area (Å²) in [5.74, 6) is -1.07. The van der Waals surface area contributed by atoms with Gasteiger partial charge in [0.05, 0.1) is 4.90 Å². The van der Waals surface area contributed by atoms with Crippen molar-refractivity contribution in [3.05, 3.63) is 35.9 Å². The second-order valence-electron chi connectivity index (χ2n) is 4.40. The summed E-state index contributed by atoms with van der Waals surface area (Å²) in [5.41, 5.74) is 0.583. The van der Waals surface area contributed by atoms with Crippen LogP contribution in [0.5, 0.6) is 0 Å². The first-order valence-corrected chi connectivity index (χ1v) is 9.16. The zero-order valence-electron chi connectivity index (χ0n) is 11.6. The van der Waals surface area contributed by atoms with Gasteiger partial charge >= 0.3 is 5.97 Å². The Morgan fingerprint density at radius 1 is 1.38 bits per heavy atom. The minimum Gasteiger partial charge on any atom is -0.478 e. The monoisotopic (exact) mass is 331 g/mol. The van der Waals surface area contributed by atoms with E-state index in [1.165, 1.54) is 36.6 Å². The normalized spacial score (nSPS) is 15.0. The van der Waals surface area contributed by atoms with E-state index in [2.05, 4.69) is 4.72 Å². The van der Waals surface area contributed by atoms with Crippen LogP contribution in [0.2, 0.25) is 0 Å². The summed E-state index contributed by atoms with van der Waals surface area (Å²) in [7, 11) is -4.77. The van der Waals surface area contributed by atoms with Gasteiger partial charge in [0.2, 0.25) is 10.0 Å². The van der Waals surface area contributed by atoms with E-state index in [0.29, 0.717) is 5.56 Å². The van der Waals surface area contributed by atoms with E-state index in [1.54, 1.807) is 6.92 Å². The predicted octanol–water partition coefficient (Wildman–Crippen LogP) is 0.830. The summed E-state index contributed by atoms with van der Waals surface area (Å²) in [5, 5.41) is 8.23. The van der Waals surface area contributed by atoms with Crippen LogP contribution in [0.4, 0.5) is 0 Å². The topological polar surface area (TPSA) is 101 Å². The molecule has 1 rings (SSSR count). The second-order valence-corrected chi connectivity index (χ2v) is 7.97. The fraction of sp³-hybridized carbons (Fsp3) is 0.308. The first-order chi connectivity index (χ1) is 9.72. The smallest absolute Gasteiger partial charge is 0.328 e. The Morgan fingerprint density at radius 2 is 1.95 bits per heavy atom. The highest BCUT2D eigenvalue weighted by Gasteiger charge is 2.16. The molecule has 0 saturated heterocycles. The number of carbonyl (C=O) groups is 1. The lowest BCUT2D eigenvalue weighted by Gasteiger charge is -2.10. The van der Waals surface area contributed by atoms with Crippen molar-refractivity contribution >= 4 is 32.9 Å². The van der Waals surface area contributed by atoms with Gasteiger partial charge in [-0.1, -0.05) is 12.1 Å². The van der Waals surface area contributed by atoms with Crippen LogP contribution in [0.25, 0.3) is 6.08 Å². The molecule has 0 aliphatic heterocycles. The van der Waals surface area contributed by atoms with Crippen LogP contribution < -0.4 is 4.72 Å². The van der Waals surface area contributed by atoms with Gasteiger partial charge < -0.3 is 5.11 Å².